The van der Waals surface area contributed by atoms with Crippen LogP contribution in [0.2, 0.25) is 0 Å². The van der Waals surface area contributed by atoms with Crippen LogP contribution in [0.5, 0.6) is 11.5 Å². The fraction of sp³-hybridized carbons (Fsp3) is 0.238. The molecule has 1 aliphatic heterocycles. The van der Waals surface area contributed by atoms with E-state index in [0.29, 0.717) is 22.6 Å². The summed E-state index contributed by atoms with van der Waals surface area (Å²) < 4.78 is 11.2. The number of hydrogen-bond acceptors (Lipinski definition) is 4. The van der Waals surface area contributed by atoms with Crippen molar-refractivity contribution < 1.29 is 19.1 Å². The molecule has 0 amide bonds. The van der Waals surface area contributed by atoms with Gasteiger partial charge in [0.15, 0.2) is 5.76 Å². The Balaban J connectivity index is 1.92. The van der Waals surface area contributed by atoms with Gasteiger partial charge in [-0.2, -0.15) is 0 Å². The van der Waals surface area contributed by atoms with E-state index in [9.17, 15) is 9.59 Å². The molecule has 4 nitrogen and oxygen atoms in total. The third-order valence-electron chi connectivity index (χ3n) is 4.09. The third-order valence-corrected chi connectivity index (χ3v) is 4.09. The van der Waals surface area contributed by atoms with Crippen LogP contribution in [0.1, 0.15) is 40.9 Å². The summed E-state index contributed by atoms with van der Waals surface area (Å²) in [5.74, 6) is 0.434. The number of carbonyl (C=O) groups excluding carboxylic acids is 2. The Morgan fingerprint density at radius 1 is 1.08 bits per heavy atom. The lowest BCUT2D eigenvalue weighted by Crippen LogP contribution is -2.15. The first-order chi connectivity index (χ1) is 11.9. The summed E-state index contributed by atoms with van der Waals surface area (Å²) in [6, 6.07) is 11.1. The molecule has 0 atom stereocenters. The highest BCUT2D eigenvalue weighted by atomic mass is 16.5. The van der Waals surface area contributed by atoms with Crippen molar-refractivity contribution in [2.75, 3.05) is 0 Å². The topological polar surface area (TPSA) is 52.6 Å². The first kappa shape index (κ1) is 17.0. The van der Waals surface area contributed by atoms with Crippen LogP contribution in [-0.2, 0) is 4.79 Å². The molecule has 0 bridgehead atoms. The Morgan fingerprint density at radius 2 is 1.76 bits per heavy atom. The lowest BCUT2D eigenvalue weighted by Gasteiger charge is -2.11. The van der Waals surface area contributed by atoms with Gasteiger partial charge in [-0.3, -0.25) is 9.59 Å². The lowest BCUT2D eigenvalue weighted by molar-refractivity contribution is -0.137. The predicted molar refractivity (Wildman–Crippen MR) is 95.8 cm³/mol. The summed E-state index contributed by atoms with van der Waals surface area (Å²) >= 11 is 0. The quantitative estimate of drug-likeness (QED) is 0.471. The molecule has 2 aromatic carbocycles. The van der Waals surface area contributed by atoms with Gasteiger partial charge in [0.25, 0.3) is 0 Å². The molecule has 0 aromatic heterocycles. The van der Waals surface area contributed by atoms with Gasteiger partial charge in [0.05, 0.1) is 11.5 Å². The Morgan fingerprint density at radius 3 is 2.40 bits per heavy atom. The summed E-state index contributed by atoms with van der Waals surface area (Å²) in [6.45, 7) is 7.33. The van der Waals surface area contributed by atoms with Gasteiger partial charge in [0.1, 0.15) is 11.5 Å². The number of benzene rings is 2. The standard InChI is InChI=1S/C21H20O4/c1-12(2)21(23)25-17-10-9-16-19(22)18(24-20(16)14(17)4)11-15-7-5-13(3)6-8-15/h5-12H,1-4H3/b18-11-. The van der Waals surface area contributed by atoms with Crippen molar-refractivity contribution in [1.29, 1.82) is 0 Å². The van der Waals surface area contributed by atoms with Gasteiger partial charge in [0.2, 0.25) is 5.78 Å². The molecule has 0 N–H and O–H groups in total. The van der Waals surface area contributed by atoms with Crippen LogP contribution < -0.4 is 9.47 Å². The second-order valence-electron chi connectivity index (χ2n) is 6.49. The van der Waals surface area contributed by atoms with Crippen molar-refractivity contribution in [2.45, 2.75) is 27.7 Å². The van der Waals surface area contributed by atoms with E-state index in [4.69, 9.17) is 9.47 Å². The molecule has 0 spiro atoms. The maximum absolute atomic E-state index is 12.6. The number of Topliss-reactive ketones (excluding diaryl/α,β-unsaturated/α-hetero) is 1. The van der Waals surface area contributed by atoms with E-state index >= 15 is 0 Å². The number of aryl methyl sites for hydroxylation is 1. The normalized spacial score (nSPS) is 14.6. The van der Waals surface area contributed by atoms with Gasteiger partial charge in [0, 0.05) is 5.56 Å². The van der Waals surface area contributed by atoms with E-state index in [1.165, 1.54) is 0 Å². The van der Waals surface area contributed by atoms with Crippen LogP contribution in [0.3, 0.4) is 0 Å². The van der Waals surface area contributed by atoms with Crippen LogP contribution in [0.25, 0.3) is 6.08 Å². The Kier molecular flexibility index (Phi) is 4.45. The number of ketones is 1. The zero-order valence-electron chi connectivity index (χ0n) is 14.8. The highest BCUT2D eigenvalue weighted by Crippen LogP contribution is 2.39. The molecule has 1 aliphatic rings. The van der Waals surface area contributed by atoms with Crippen LogP contribution in [0.15, 0.2) is 42.2 Å². The van der Waals surface area contributed by atoms with Crippen LogP contribution in [0.4, 0.5) is 0 Å². The van der Waals surface area contributed by atoms with Gasteiger partial charge >= 0.3 is 5.97 Å². The molecule has 0 radical (unpaired) electrons. The molecule has 3 rings (SSSR count). The fourth-order valence-electron chi connectivity index (χ4n) is 2.52. The first-order valence-corrected chi connectivity index (χ1v) is 8.23. The molecule has 0 saturated heterocycles. The van der Waals surface area contributed by atoms with Crippen molar-refractivity contribution in [3.8, 4) is 11.5 Å². The zero-order valence-corrected chi connectivity index (χ0v) is 14.8. The third kappa shape index (κ3) is 3.33. The van der Waals surface area contributed by atoms with Gasteiger partial charge in [-0.25, -0.2) is 0 Å². The maximum Gasteiger partial charge on any atom is 0.313 e. The number of esters is 1. The van der Waals surface area contributed by atoms with Gasteiger partial charge < -0.3 is 9.47 Å². The molecule has 0 saturated carbocycles. The van der Waals surface area contributed by atoms with E-state index in [1.807, 2.05) is 31.2 Å². The molecule has 4 heteroatoms. The molecule has 2 aromatic rings. The summed E-state index contributed by atoms with van der Waals surface area (Å²) in [6.07, 6.45) is 1.72. The molecule has 0 aliphatic carbocycles. The van der Waals surface area contributed by atoms with Crippen LogP contribution in [0, 0.1) is 19.8 Å². The maximum atomic E-state index is 12.6. The second-order valence-corrected chi connectivity index (χ2v) is 6.49. The Hall–Kier alpha value is -2.88. The summed E-state index contributed by atoms with van der Waals surface area (Å²) in [7, 11) is 0. The molecule has 1 heterocycles. The van der Waals surface area contributed by atoms with Gasteiger partial charge in [-0.1, -0.05) is 43.7 Å². The van der Waals surface area contributed by atoms with Crippen molar-refractivity contribution in [1.82, 2.24) is 0 Å². The van der Waals surface area contributed by atoms with Gasteiger partial charge in [-0.15, -0.1) is 0 Å². The summed E-state index contributed by atoms with van der Waals surface area (Å²) in [4.78, 5) is 24.4. The number of hydrogen-bond donors (Lipinski definition) is 0. The van der Waals surface area contributed by atoms with Crippen LogP contribution >= 0.6 is 0 Å². The van der Waals surface area contributed by atoms with Crippen LogP contribution in [-0.4, -0.2) is 11.8 Å². The number of rotatable bonds is 3. The molecular formula is C21H20O4. The number of carbonyl (C=O) groups is 2. The molecule has 0 unspecified atom stereocenters. The van der Waals surface area contributed by atoms with Gasteiger partial charge in [-0.05, 0) is 37.6 Å². The smallest absolute Gasteiger partial charge is 0.313 e. The summed E-state index contributed by atoms with van der Waals surface area (Å²) in [5.41, 5.74) is 3.18. The monoisotopic (exact) mass is 336 g/mol. The van der Waals surface area contributed by atoms with E-state index in [0.717, 1.165) is 11.1 Å². The molecular weight excluding hydrogens is 316 g/mol. The molecule has 0 fully saturated rings. The average Bonchev–Trinajstić information content (AvgIpc) is 2.89. The van der Waals surface area contributed by atoms with E-state index in [1.54, 1.807) is 39.0 Å². The van der Waals surface area contributed by atoms with E-state index in [-0.39, 0.29) is 23.4 Å². The minimum absolute atomic E-state index is 0.166. The fourth-order valence-corrected chi connectivity index (χ4v) is 2.52. The average molecular weight is 336 g/mol. The Labute approximate surface area is 147 Å². The number of fused-ring (bicyclic) bond motifs is 1. The SMILES string of the molecule is Cc1ccc(/C=C2\Oc3c(ccc(OC(=O)C(C)C)c3C)C2=O)cc1. The second kappa shape index (κ2) is 6.55. The van der Waals surface area contributed by atoms with Crippen molar-refractivity contribution in [3.63, 3.8) is 0 Å². The molecule has 128 valence electrons. The van der Waals surface area contributed by atoms with Crippen molar-refractivity contribution in [3.05, 3.63) is 64.4 Å². The predicted octanol–water partition coefficient (Wildman–Crippen LogP) is 4.48. The van der Waals surface area contributed by atoms with Crippen molar-refractivity contribution in [2.24, 2.45) is 5.92 Å². The van der Waals surface area contributed by atoms with E-state index < -0.39 is 0 Å². The van der Waals surface area contributed by atoms with E-state index in [2.05, 4.69) is 0 Å². The largest absolute Gasteiger partial charge is 0.452 e. The summed E-state index contributed by atoms with van der Waals surface area (Å²) in [5, 5.41) is 0. The minimum atomic E-state index is -0.317. The zero-order chi connectivity index (χ0) is 18.1. The number of ether oxygens (including phenoxy) is 2. The first-order valence-electron chi connectivity index (χ1n) is 8.23. The lowest BCUT2D eigenvalue weighted by atomic mass is 10.1. The number of allylic oxidation sites excluding steroid dienone is 1. The minimum Gasteiger partial charge on any atom is -0.452 e. The Bertz CT molecular complexity index is 874. The van der Waals surface area contributed by atoms with Crippen molar-refractivity contribution >= 4 is 17.8 Å². The molecule has 25 heavy (non-hydrogen) atoms. The highest BCUT2D eigenvalue weighted by Gasteiger charge is 2.30. The highest BCUT2D eigenvalue weighted by molar-refractivity contribution is 6.15.